The third kappa shape index (κ3) is 5.39. The summed E-state index contributed by atoms with van der Waals surface area (Å²) in [4.78, 5) is 0. The van der Waals surface area contributed by atoms with Crippen LogP contribution in [-0.2, 0) is 28.4 Å². The molecular weight excluding hydrogens is 466 g/mol. The zero-order chi connectivity index (χ0) is 25.3. The molecule has 0 aromatic heterocycles. The topological polar surface area (TPSA) is 243 Å². The molecule has 3 rings (SSSR count). The van der Waals surface area contributed by atoms with Gasteiger partial charge < -0.3 is 75.0 Å². The van der Waals surface area contributed by atoms with Crippen LogP contribution in [0, 0.1) is 0 Å². The van der Waals surface area contributed by atoms with Gasteiger partial charge in [0.25, 0.3) is 0 Å². The normalized spacial score (nSPS) is 52.5. The lowest BCUT2D eigenvalue weighted by molar-refractivity contribution is -0.375. The lowest BCUT2D eigenvalue weighted by Crippen LogP contribution is -2.67. The molecule has 3 fully saturated rings. The van der Waals surface area contributed by atoms with E-state index in [1.807, 2.05) is 0 Å². The van der Waals surface area contributed by atoms with Gasteiger partial charge in [0.05, 0.1) is 25.4 Å². The summed E-state index contributed by atoms with van der Waals surface area (Å²) in [5, 5.41) is 80.5. The van der Waals surface area contributed by atoms with Crippen molar-refractivity contribution in [2.24, 2.45) is 5.73 Å². The molecule has 0 bridgehead atoms. The van der Waals surface area contributed by atoms with Crippen LogP contribution < -0.4 is 5.73 Å². The van der Waals surface area contributed by atoms with Gasteiger partial charge in [-0.15, -0.1) is 0 Å². The van der Waals surface area contributed by atoms with E-state index < -0.39 is 105 Å². The molecule has 200 valence electrons. The van der Waals surface area contributed by atoms with Crippen LogP contribution in [0.25, 0.3) is 0 Å². The molecule has 10 N–H and O–H groups in total. The Labute approximate surface area is 195 Å². The molecule has 0 aromatic rings. The predicted molar refractivity (Wildman–Crippen MR) is 107 cm³/mol. The minimum Gasteiger partial charge on any atom is -0.394 e. The second kappa shape index (κ2) is 11.6. The van der Waals surface area contributed by atoms with Crippen LogP contribution in [0.5, 0.6) is 0 Å². The summed E-state index contributed by atoms with van der Waals surface area (Å²) in [6, 6.07) is -0.870. The zero-order valence-corrected chi connectivity index (χ0v) is 18.7. The smallest absolute Gasteiger partial charge is 0.187 e. The molecule has 0 aliphatic carbocycles. The molecule has 3 aliphatic heterocycles. The Morgan fingerprint density at radius 1 is 0.676 bits per heavy atom. The van der Waals surface area contributed by atoms with Crippen molar-refractivity contribution in [3.63, 3.8) is 0 Å². The van der Waals surface area contributed by atoms with Gasteiger partial charge in [-0.3, -0.25) is 0 Å². The highest BCUT2D eigenvalue weighted by Gasteiger charge is 2.53. The van der Waals surface area contributed by atoms with Crippen molar-refractivity contribution in [1.82, 2.24) is 0 Å². The summed E-state index contributed by atoms with van der Waals surface area (Å²) in [5.41, 5.74) is 5.78. The molecule has 0 saturated carbocycles. The molecule has 15 heteroatoms. The first kappa shape index (κ1) is 28.0. The van der Waals surface area contributed by atoms with Gasteiger partial charge in [0.2, 0.25) is 0 Å². The highest BCUT2D eigenvalue weighted by Crippen LogP contribution is 2.32. The second-order valence-corrected chi connectivity index (χ2v) is 8.61. The zero-order valence-electron chi connectivity index (χ0n) is 18.7. The van der Waals surface area contributed by atoms with E-state index in [2.05, 4.69) is 0 Å². The molecular formula is C19H35NO14. The standard InChI is InChI=1S/C19H35NO14/c1-5-8(20)9(23)12(26)18(30-5)34-15-7(4-22)32-19(13(27)16(15)29-2)33-14-6(3-21)31-17(28)11(25)10(14)24/h5-19,21-28H,3-4,20H2,1-2H3/t5?,6?,7?,8-,9-,10+,11?,12?,13?,14+,15+,16+,17?,18+,19+/m1/s1. The lowest BCUT2D eigenvalue weighted by Gasteiger charge is -2.48. The number of aliphatic hydroxyl groups is 8. The van der Waals surface area contributed by atoms with Gasteiger partial charge in [0.1, 0.15) is 61.0 Å². The number of aliphatic hydroxyl groups excluding tert-OH is 8. The van der Waals surface area contributed by atoms with Crippen molar-refractivity contribution < 1.29 is 69.3 Å². The van der Waals surface area contributed by atoms with Crippen molar-refractivity contribution in [1.29, 1.82) is 0 Å². The maximum atomic E-state index is 10.8. The third-order valence-electron chi connectivity index (χ3n) is 6.40. The maximum absolute atomic E-state index is 10.8. The molecule has 3 saturated heterocycles. The van der Waals surface area contributed by atoms with Gasteiger partial charge in [0.15, 0.2) is 18.9 Å². The summed E-state index contributed by atoms with van der Waals surface area (Å²) in [6.07, 6.45) is -19.7. The third-order valence-corrected chi connectivity index (χ3v) is 6.40. The fourth-order valence-electron chi connectivity index (χ4n) is 4.30. The van der Waals surface area contributed by atoms with Crippen molar-refractivity contribution >= 4 is 0 Å². The molecule has 0 radical (unpaired) electrons. The molecule has 0 amide bonds. The fraction of sp³-hybridized carbons (Fsp3) is 1.00. The first-order chi connectivity index (χ1) is 16.0. The van der Waals surface area contributed by atoms with Gasteiger partial charge in [-0.2, -0.15) is 0 Å². The van der Waals surface area contributed by atoms with Crippen LogP contribution in [-0.4, -0.2) is 153 Å². The van der Waals surface area contributed by atoms with E-state index in [4.69, 9.17) is 34.2 Å². The van der Waals surface area contributed by atoms with E-state index in [1.54, 1.807) is 6.92 Å². The van der Waals surface area contributed by atoms with Crippen molar-refractivity contribution in [2.75, 3.05) is 20.3 Å². The quantitative estimate of drug-likeness (QED) is 0.158. The van der Waals surface area contributed by atoms with Crippen LogP contribution in [0.4, 0.5) is 0 Å². The van der Waals surface area contributed by atoms with Crippen molar-refractivity contribution in [2.45, 2.75) is 99.0 Å². The SMILES string of the molecule is CO[C@H]1C(O)[C@H](O[C@H]2C(CO)OC(O)C(O)[C@@H]2O)OC(CO)[C@@H]1O[C@@H]1OC(C)[C@@H](N)[C@@H](O)C1O. The number of nitrogens with two attached hydrogens (primary N) is 1. The summed E-state index contributed by atoms with van der Waals surface area (Å²) in [7, 11) is 1.24. The van der Waals surface area contributed by atoms with Gasteiger partial charge in [0, 0.05) is 7.11 Å². The minimum absolute atomic E-state index is 0.661. The van der Waals surface area contributed by atoms with Crippen LogP contribution in [0.1, 0.15) is 6.92 Å². The average molecular weight is 501 g/mol. The van der Waals surface area contributed by atoms with Gasteiger partial charge >= 0.3 is 0 Å². The van der Waals surface area contributed by atoms with E-state index in [9.17, 15) is 40.9 Å². The van der Waals surface area contributed by atoms with Gasteiger partial charge in [-0.1, -0.05) is 0 Å². The lowest BCUT2D eigenvalue weighted by atomic mass is 9.95. The van der Waals surface area contributed by atoms with E-state index >= 15 is 0 Å². The molecule has 3 heterocycles. The van der Waals surface area contributed by atoms with Crippen LogP contribution in [0.2, 0.25) is 0 Å². The van der Waals surface area contributed by atoms with Gasteiger partial charge in [-0.25, -0.2) is 0 Å². The van der Waals surface area contributed by atoms with Crippen LogP contribution >= 0.6 is 0 Å². The minimum atomic E-state index is -1.77. The van der Waals surface area contributed by atoms with Crippen LogP contribution in [0.15, 0.2) is 0 Å². The molecule has 0 spiro atoms. The summed E-state index contributed by atoms with van der Waals surface area (Å²) in [5.74, 6) is 0. The highest BCUT2D eigenvalue weighted by atomic mass is 16.8. The van der Waals surface area contributed by atoms with Gasteiger partial charge in [-0.05, 0) is 6.92 Å². The largest absolute Gasteiger partial charge is 0.394 e. The average Bonchev–Trinajstić information content (AvgIpc) is 2.82. The highest BCUT2D eigenvalue weighted by molar-refractivity contribution is 4.97. The Balaban J connectivity index is 1.75. The molecule has 7 unspecified atom stereocenters. The number of hydrogen-bond donors (Lipinski definition) is 9. The summed E-state index contributed by atoms with van der Waals surface area (Å²) >= 11 is 0. The number of rotatable bonds is 7. The van der Waals surface area contributed by atoms with Crippen LogP contribution in [0.3, 0.4) is 0 Å². The molecule has 34 heavy (non-hydrogen) atoms. The first-order valence-electron chi connectivity index (χ1n) is 10.9. The van der Waals surface area contributed by atoms with Crippen molar-refractivity contribution in [3.8, 4) is 0 Å². The first-order valence-corrected chi connectivity index (χ1v) is 10.9. The second-order valence-electron chi connectivity index (χ2n) is 8.61. The maximum Gasteiger partial charge on any atom is 0.187 e. The predicted octanol–water partition coefficient (Wildman–Crippen LogP) is -5.92. The van der Waals surface area contributed by atoms with E-state index in [1.165, 1.54) is 7.11 Å². The molecule has 0 aromatic carbocycles. The van der Waals surface area contributed by atoms with E-state index in [0.717, 1.165) is 0 Å². The molecule has 3 aliphatic rings. The Bertz CT molecular complexity index is 644. The Hall–Kier alpha value is -0.600. The molecule has 15 nitrogen and oxygen atoms in total. The summed E-state index contributed by atoms with van der Waals surface area (Å²) < 4.78 is 32.8. The van der Waals surface area contributed by atoms with E-state index in [0.29, 0.717) is 0 Å². The fourth-order valence-corrected chi connectivity index (χ4v) is 4.30. The number of methoxy groups -OCH3 is 1. The number of ether oxygens (including phenoxy) is 6. The van der Waals surface area contributed by atoms with Crippen molar-refractivity contribution in [3.05, 3.63) is 0 Å². The Morgan fingerprint density at radius 2 is 1.24 bits per heavy atom. The monoisotopic (exact) mass is 501 g/mol. The Kier molecular flexibility index (Phi) is 9.57. The van der Waals surface area contributed by atoms with E-state index in [-0.39, 0.29) is 0 Å². The molecule has 15 atom stereocenters. The number of hydrogen-bond acceptors (Lipinski definition) is 15. The summed E-state index contributed by atoms with van der Waals surface area (Å²) in [6.45, 7) is 0.215. The Morgan fingerprint density at radius 3 is 1.82 bits per heavy atom.